The zero-order chi connectivity index (χ0) is 24.1. The lowest BCUT2D eigenvalue weighted by Gasteiger charge is -2.37. The molecular formula is C26H31N3O4S. The molecule has 1 aliphatic rings. The molecular weight excluding hydrogens is 450 g/mol. The van der Waals surface area contributed by atoms with Crippen molar-refractivity contribution in [2.45, 2.75) is 18.4 Å². The summed E-state index contributed by atoms with van der Waals surface area (Å²) in [5, 5.41) is 0. The predicted molar refractivity (Wildman–Crippen MR) is 135 cm³/mol. The summed E-state index contributed by atoms with van der Waals surface area (Å²) in [6.07, 6.45) is 0. The van der Waals surface area contributed by atoms with Crippen LogP contribution in [0.3, 0.4) is 0 Å². The van der Waals surface area contributed by atoms with Crippen LogP contribution >= 0.6 is 0 Å². The molecule has 1 heterocycles. The van der Waals surface area contributed by atoms with E-state index in [0.717, 1.165) is 61.0 Å². The number of rotatable bonds is 8. The number of nitrogens with one attached hydrogen (secondary N) is 1. The van der Waals surface area contributed by atoms with Crippen LogP contribution < -0.4 is 19.1 Å². The topological polar surface area (TPSA) is 71.1 Å². The van der Waals surface area contributed by atoms with Crippen LogP contribution in [-0.2, 0) is 16.6 Å². The van der Waals surface area contributed by atoms with E-state index in [1.807, 2.05) is 43.3 Å². The van der Waals surface area contributed by atoms with E-state index in [0.29, 0.717) is 5.69 Å². The molecule has 4 rings (SSSR count). The molecule has 0 spiro atoms. The molecule has 0 unspecified atom stereocenters. The Labute approximate surface area is 202 Å². The summed E-state index contributed by atoms with van der Waals surface area (Å²) in [7, 11) is -0.386. The van der Waals surface area contributed by atoms with Gasteiger partial charge in [0.2, 0.25) is 0 Å². The maximum absolute atomic E-state index is 12.9. The average molecular weight is 482 g/mol. The first-order valence-corrected chi connectivity index (χ1v) is 12.7. The molecule has 34 heavy (non-hydrogen) atoms. The lowest BCUT2D eigenvalue weighted by Crippen LogP contribution is -2.46. The highest BCUT2D eigenvalue weighted by atomic mass is 32.2. The summed E-state index contributed by atoms with van der Waals surface area (Å²) in [4.78, 5) is 4.88. The third-order valence-electron chi connectivity index (χ3n) is 6.05. The fourth-order valence-electron chi connectivity index (χ4n) is 4.14. The van der Waals surface area contributed by atoms with Crippen molar-refractivity contribution < 1.29 is 17.9 Å². The highest BCUT2D eigenvalue weighted by molar-refractivity contribution is 7.92. The van der Waals surface area contributed by atoms with E-state index in [1.165, 1.54) is 0 Å². The second-order valence-electron chi connectivity index (χ2n) is 8.39. The number of anilines is 2. The molecule has 0 aliphatic carbocycles. The van der Waals surface area contributed by atoms with Gasteiger partial charge in [0.15, 0.2) is 11.5 Å². The standard InChI is InChI=1S/C26H31N3O4S/c1-20-8-11-22(12-9-20)34(30,31)27-23-6-4-5-7-24(23)29-16-14-28(15-17-29)19-21-10-13-25(32-2)26(18-21)33-3/h4-13,18,27H,14-17,19H2,1-3H3. The molecule has 7 nitrogen and oxygen atoms in total. The van der Waals surface area contributed by atoms with Crippen LogP contribution in [0.5, 0.6) is 11.5 Å². The minimum Gasteiger partial charge on any atom is -0.493 e. The van der Waals surface area contributed by atoms with Gasteiger partial charge in [0.25, 0.3) is 10.0 Å². The van der Waals surface area contributed by atoms with Gasteiger partial charge in [0.1, 0.15) is 0 Å². The normalized spacial score (nSPS) is 14.6. The van der Waals surface area contributed by atoms with Crippen LogP contribution in [0, 0.1) is 6.92 Å². The number of sulfonamides is 1. The van der Waals surface area contributed by atoms with Gasteiger partial charge in [-0.25, -0.2) is 8.42 Å². The van der Waals surface area contributed by atoms with Crippen molar-refractivity contribution in [2.75, 3.05) is 50.0 Å². The fourth-order valence-corrected chi connectivity index (χ4v) is 5.22. The van der Waals surface area contributed by atoms with Crippen molar-refractivity contribution in [2.24, 2.45) is 0 Å². The third kappa shape index (κ3) is 5.46. The van der Waals surface area contributed by atoms with Crippen molar-refractivity contribution >= 4 is 21.4 Å². The maximum atomic E-state index is 12.9. The summed E-state index contributed by atoms with van der Waals surface area (Å²) < 4.78 is 39.4. The lowest BCUT2D eigenvalue weighted by molar-refractivity contribution is 0.249. The summed E-state index contributed by atoms with van der Waals surface area (Å²) in [6.45, 7) is 6.09. The van der Waals surface area contributed by atoms with Gasteiger partial charge in [-0.2, -0.15) is 0 Å². The predicted octanol–water partition coefficient (Wildman–Crippen LogP) is 4.14. The van der Waals surface area contributed by atoms with Gasteiger partial charge in [-0.3, -0.25) is 9.62 Å². The Morgan fingerprint density at radius 3 is 2.21 bits per heavy atom. The molecule has 0 aromatic heterocycles. The molecule has 1 saturated heterocycles. The smallest absolute Gasteiger partial charge is 0.261 e. The Bertz CT molecular complexity index is 1220. The van der Waals surface area contributed by atoms with Crippen LogP contribution in [0.25, 0.3) is 0 Å². The number of aryl methyl sites for hydroxylation is 1. The molecule has 8 heteroatoms. The minimum atomic E-state index is -3.66. The maximum Gasteiger partial charge on any atom is 0.261 e. The summed E-state index contributed by atoms with van der Waals surface area (Å²) in [5.41, 5.74) is 3.67. The molecule has 0 saturated carbocycles. The van der Waals surface area contributed by atoms with Gasteiger partial charge in [0.05, 0.1) is 30.5 Å². The molecule has 180 valence electrons. The zero-order valence-corrected chi connectivity index (χ0v) is 20.6. The van der Waals surface area contributed by atoms with Crippen molar-refractivity contribution in [3.8, 4) is 11.5 Å². The molecule has 3 aromatic rings. The quantitative estimate of drug-likeness (QED) is 0.522. The number of benzene rings is 3. The van der Waals surface area contributed by atoms with Crippen LogP contribution in [0.2, 0.25) is 0 Å². The summed E-state index contributed by atoms with van der Waals surface area (Å²) in [6, 6.07) is 20.5. The number of nitrogens with zero attached hydrogens (tertiary/aromatic N) is 2. The van der Waals surface area contributed by atoms with Crippen LogP contribution in [0.4, 0.5) is 11.4 Å². The Morgan fingerprint density at radius 2 is 1.53 bits per heavy atom. The van der Waals surface area contributed by atoms with Gasteiger partial charge in [0, 0.05) is 32.7 Å². The highest BCUT2D eigenvalue weighted by Gasteiger charge is 2.22. The van der Waals surface area contributed by atoms with Gasteiger partial charge < -0.3 is 14.4 Å². The van der Waals surface area contributed by atoms with E-state index < -0.39 is 10.0 Å². The van der Waals surface area contributed by atoms with E-state index in [9.17, 15) is 8.42 Å². The van der Waals surface area contributed by atoms with E-state index >= 15 is 0 Å². The second kappa shape index (κ2) is 10.4. The van der Waals surface area contributed by atoms with Crippen LogP contribution in [0.1, 0.15) is 11.1 Å². The molecule has 3 aromatic carbocycles. The van der Waals surface area contributed by atoms with Crippen molar-refractivity contribution in [3.05, 3.63) is 77.9 Å². The number of hydrogen-bond donors (Lipinski definition) is 1. The first kappa shape index (κ1) is 23.9. The molecule has 0 amide bonds. The van der Waals surface area contributed by atoms with Gasteiger partial charge in [-0.05, 0) is 48.9 Å². The Hall–Kier alpha value is -3.23. The van der Waals surface area contributed by atoms with Crippen molar-refractivity contribution in [3.63, 3.8) is 0 Å². The first-order chi connectivity index (χ1) is 16.4. The van der Waals surface area contributed by atoms with Crippen LogP contribution in [0.15, 0.2) is 71.6 Å². The van der Waals surface area contributed by atoms with Gasteiger partial charge >= 0.3 is 0 Å². The minimum absolute atomic E-state index is 0.257. The molecule has 0 radical (unpaired) electrons. The van der Waals surface area contributed by atoms with E-state index in [-0.39, 0.29) is 4.90 Å². The van der Waals surface area contributed by atoms with Crippen molar-refractivity contribution in [1.29, 1.82) is 0 Å². The van der Waals surface area contributed by atoms with E-state index in [1.54, 1.807) is 38.5 Å². The number of para-hydroxylation sites is 2. The Balaban J connectivity index is 1.43. The summed E-state index contributed by atoms with van der Waals surface area (Å²) in [5.74, 6) is 1.45. The second-order valence-corrected chi connectivity index (χ2v) is 10.1. The molecule has 1 fully saturated rings. The monoisotopic (exact) mass is 481 g/mol. The third-order valence-corrected chi connectivity index (χ3v) is 7.43. The largest absolute Gasteiger partial charge is 0.493 e. The Kier molecular flexibility index (Phi) is 7.29. The first-order valence-electron chi connectivity index (χ1n) is 11.3. The fraction of sp³-hybridized carbons (Fsp3) is 0.308. The number of piperazine rings is 1. The molecule has 1 N–H and O–H groups in total. The highest BCUT2D eigenvalue weighted by Crippen LogP contribution is 2.30. The molecule has 0 bridgehead atoms. The zero-order valence-electron chi connectivity index (χ0n) is 19.8. The number of hydrogen-bond acceptors (Lipinski definition) is 6. The molecule has 0 atom stereocenters. The van der Waals surface area contributed by atoms with E-state index in [2.05, 4.69) is 20.6 Å². The lowest BCUT2D eigenvalue weighted by atomic mass is 10.1. The van der Waals surface area contributed by atoms with Gasteiger partial charge in [-0.15, -0.1) is 0 Å². The average Bonchev–Trinajstić information content (AvgIpc) is 2.85. The SMILES string of the molecule is COc1ccc(CN2CCN(c3ccccc3NS(=O)(=O)c3ccc(C)cc3)CC2)cc1OC. The van der Waals surface area contributed by atoms with Crippen molar-refractivity contribution in [1.82, 2.24) is 4.90 Å². The van der Waals surface area contributed by atoms with Crippen LogP contribution in [-0.4, -0.2) is 53.7 Å². The summed E-state index contributed by atoms with van der Waals surface area (Å²) >= 11 is 0. The Morgan fingerprint density at radius 1 is 0.853 bits per heavy atom. The number of ether oxygens (including phenoxy) is 2. The van der Waals surface area contributed by atoms with E-state index in [4.69, 9.17) is 9.47 Å². The van der Waals surface area contributed by atoms with Gasteiger partial charge in [-0.1, -0.05) is 35.9 Å². The number of methoxy groups -OCH3 is 2. The molecule has 1 aliphatic heterocycles.